The van der Waals surface area contributed by atoms with E-state index in [1.165, 1.54) is 12.1 Å². The Morgan fingerprint density at radius 1 is 1.12 bits per heavy atom. The van der Waals surface area contributed by atoms with Crippen LogP contribution in [0.2, 0.25) is 0 Å². The van der Waals surface area contributed by atoms with Crippen LogP contribution in [0, 0.1) is 5.82 Å². The van der Waals surface area contributed by atoms with E-state index in [0.29, 0.717) is 18.2 Å². The van der Waals surface area contributed by atoms with Crippen LogP contribution < -0.4 is 10.6 Å². The molecular weight excluding hydrogens is 319 g/mol. The Kier molecular flexibility index (Phi) is 4.43. The highest BCUT2D eigenvalue weighted by atomic mass is 19.1. The molecule has 128 valence electrons. The van der Waals surface area contributed by atoms with Gasteiger partial charge in [0.05, 0.1) is 11.6 Å². The summed E-state index contributed by atoms with van der Waals surface area (Å²) in [4.78, 5) is 9.10. The first-order valence-electron chi connectivity index (χ1n) is 8.43. The van der Waals surface area contributed by atoms with E-state index >= 15 is 0 Å². The van der Waals surface area contributed by atoms with Crippen LogP contribution in [-0.4, -0.2) is 29.2 Å². The van der Waals surface area contributed by atoms with Gasteiger partial charge in [-0.15, -0.1) is 0 Å². The number of hydrogen-bond donors (Lipinski definition) is 2. The Balaban J connectivity index is 1.63. The maximum Gasteiger partial charge on any atom is 0.229 e. The molecule has 1 fully saturated rings. The lowest BCUT2D eigenvalue weighted by Crippen LogP contribution is -2.19. The lowest BCUT2D eigenvalue weighted by atomic mass is 10.2. The molecule has 1 atom stereocenters. The fourth-order valence-electron chi connectivity index (χ4n) is 2.98. The highest BCUT2D eigenvalue weighted by molar-refractivity contribution is 5.90. The van der Waals surface area contributed by atoms with Crippen LogP contribution in [0.5, 0.6) is 0 Å². The van der Waals surface area contributed by atoms with Gasteiger partial charge in [-0.05, 0) is 43.2 Å². The summed E-state index contributed by atoms with van der Waals surface area (Å²) in [5.74, 6) is 0.877. The van der Waals surface area contributed by atoms with Crippen LogP contribution in [0.1, 0.15) is 12.8 Å². The average Bonchev–Trinajstić information content (AvgIpc) is 3.13. The lowest BCUT2D eigenvalue weighted by Gasteiger charge is -2.14. The van der Waals surface area contributed by atoms with Crippen LogP contribution in [0.3, 0.4) is 0 Å². The van der Waals surface area contributed by atoms with Gasteiger partial charge in [-0.3, -0.25) is 0 Å². The molecule has 0 radical (unpaired) electrons. The molecule has 5 nitrogen and oxygen atoms in total. The molecule has 4 rings (SSSR count). The Bertz CT molecular complexity index is 880. The minimum Gasteiger partial charge on any atom is -0.376 e. The topological polar surface area (TPSA) is 59.1 Å². The van der Waals surface area contributed by atoms with Crippen LogP contribution >= 0.6 is 0 Å². The van der Waals surface area contributed by atoms with Crippen molar-refractivity contribution in [3.05, 3.63) is 54.3 Å². The minimum atomic E-state index is -0.303. The number of halogens is 1. The monoisotopic (exact) mass is 338 g/mol. The Labute approximate surface area is 145 Å². The molecule has 2 heterocycles. The quantitative estimate of drug-likeness (QED) is 0.733. The SMILES string of the molecule is Fc1cccc(Nc2nc(NC[C@@H]3CCCO3)c3ccccc3n2)c1. The van der Waals surface area contributed by atoms with Gasteiger partial charge in [0, 0.05) is 24.2 Å². The van der Waals surface area contributed by atoms with E-state index in [1.807, 2.05) is 24.3 Å². The zero-order valence-corrected chi connectivity index (χ0v) is 13.7. The second-order valence-corrected chi connectivity index (χ2v) is 6.06. The number of fused-ring (bicyclic) bond motifs is 1. The summed E-state index contributed by atoms with van der Waals surface area (Å²) in [5.41, 5.74) is 1.44. The molecule has 6 heteroatoms. The summed E-state index contributed by atoms with van der Waals surface area (Å²) in [6, 6.07) is 14.1. The van der Waals surface area contributed by atoms with E-state index in [4.69, 9.17) is 4.74 Å². The molecule has 1 aliphatic rings. The van der Waals surface area contributed by atoms with Crippen molar-refractivity contribution in [3.63, 3.8) is 0 Å². The highest BCUT2D eigenvalue weighted by Crippen LogP contribution is 2.24. The van der Waals surface area contributed by atoms with E-state index in [1.54, 1.807) is 12.1 Å². The van der Waals surface area contributed by atoms with E-state index in [-0.39, 0.29) is 11.9 Å². The fourth-order valence-corrected chi connectivity index (χ4v) is 2.98. The van der Waals surface area contributed by atoms with Crippen molar-refractivity contribution in [2.75, 3.05) is 23.8 Å². The Hall–Kier alpha value is -2.73. The number of nitrogens with zero attached hydrogens (tertiary/aromatic N) is 2. The number of para-hydroxylation sites is 1. The van der Waals surface area contributed by atoms with Gasteiger partial charge in [0.15, 0.2) is 0 Å². The summed E-state index contributed by atoms with van der Waals surface area (Å²) in [5, 5.41) is 7.40. The summed E-state index contributed by atoms with van der Waals surface area (Å²) in [6.07, 6.45) is 2.38. The predicted molar refractivity (Wildman–Crippen MR) is 96.7 cm³/mol. The Morgan fingerprint density at radius 3 is 2.88 bits per heavy atom. The third-order valence-corrected chi connectivity index (χ3v) is 4.21. The number of aromatic nitrogens is 2. The van der Waals surface area contributed by atoms with E-state index in [9.17, 15) is 4.39 Å². The molecule has 0 aliphatic carbocycles. The fraction of sp³-hybridized carbons (Fsp3) is 0.263. The number of rotatable bonds is 5. The van der Waals surface area contributed by atoms with Gasteiger partial charge in [-0.1, -0.05) is 18.2 Å². The van der Waals surface area contributed by atoms with Crippen LogP contribution in [0.25, 0.3) is 10.9 Å². The zero-order chi connectivity index (χ0) is 17.1. The van der Waals surface area contributed by atoms with Crippen molar-refractivity contribution < 1.29 is 9.13 Å². The van der Waals surface area contributed by atoms with Gasteiger partial charge in [0.2, 0.25) is 5.95 Å². The van der Waals surface area contributed by atoms with Crippen molar-refractivity contribution in [1.29, 1.82) is 0 Å². The van der Waals surface area contributed by atoms with Crippen molar-refractivity contribution >= 4 is 28.4 Å². The zero-order valence-electron chi connectivity index (χ0n) is 13.7. The number of nitrogens with one attached hydrogen (secondary N) is 2. The van der Waals surface area contributed by atoms with Crippen LogP contribution in [-0.2, 0) is 4.74 Å². The van der Waals surface area contributed by atoms with Crippen molar-refractivity contribution in [2.24, 2.45) is 0 Å². The molecule has 0 unspecified atom stereocenters. The highest BCUT2D eigenvalue weighted by Gasteiger charge is 2.16. The molecule has 1 aromatic heterocycles. The summed E-state index contributed by atoms with van der Waals surface area (Å²) < 4.78 is 19.1. The van der Waals surface area contributed by atoms with Crippen LogP contribution in [0.15, 0.2) is 48.5 Å². The molecule has 1 aliphatic heterocycles. The first-order chi connectivity index (χ1) is 12.3. The van der Waals surface area contributed by atoms with Crippen molar-refractivity contribution in [3.8, 4) is 0 Å². The molecule has 0 spiro atoms. The smallest absolute Gasteiger partial charge is 0.229 e. The summed E-state index contributed by atoms with van der Waals surface area (Å²) in [7, 11) is 0. The maximum atomic E-state index is 13.4. The largest absolute Gasteiger partial charge is 0.376 e. The minimum absolute atomic E-state index is 0.216. The lowest BCUT2D eigenvalue weighted by molar-refractivity contribution is 0.120. The van der Waals surface area contributed by atoms with E-state index in [0.717, 1.165) is 36.2 Å². The molecule has 25 heavy (non-hydrogen) atoms. The van der Waals surface area contributed by atoms with Gasteiger partial charge in [0.25, 0.3) is 0 Å². The third-order valence-electron chi connectivity index (χ3n) is 4.21. The summed E-state index contributed by atoms with van der Waals surface area (Å²) in [6.45, 7) is 1.53. The number of ether oxygens (including phenoxy) is 1. The Morgan fingerprint density at radius 2 is 2.04 bits per heavy atom. The second kappa shape index (κ2) is 7.03. The third kappa shape index (κ3) is 3.69. The van der Waals surface area contributed by atoms with Gasteiger partial charge < -0.3 is 15.4 Å². The van der Waals surface area contributed by atoms with Gasteiger partial charge in [-0.2, -0.15) is 4.98 Å². The molecule has 0 bridgehead atoms. The van der Waals surface area contributed by atoms with E-state index < -0.39 is 0 Å². The number of benzene rings is 2. The molecule has 1 saturated heterocycles. The first kappa shape index (κ1) is 15.8. The normalized spacial score (nSPS) is 16.9. The molecule has 3 aromatic rings. The number of anilines is 3. The van der Waals surface area contributed by atoms with Gasteiger partial charge in [0.1, 0.15) is 11.6 Å². The second-order valence-electron chi connectivity index (χ2n) is 6.06. The van der Waals surface area contributed by atoms with Crippen molar-refractivity contribution in [2.45, 2.75) is 18.9 Å². The molecular formula is C19H19FN4O. The van der Waals surface area contributed by atoms with Crippen molar-refractivity contribution in [1.82, 2.24) is 9.97 Å². The van der Waals surface area contributed by atoms with Crippen LogP contribution in [0.4, 0.5) is 21.8 Å². The van der Waals surface area contributed by atoms with E-state index in [2.05, 4.69) is 20.6 Å². The van der Waals surface area contributed by atoms with Gasteiger partial charge in [-0.25, -0.2) is 9.37 Å². The first-order valence-corrected chi connectivity index (χ1v) is 8.43. The molecule has 0 amide bonds. The average molecular weight is 338 g/mol. The summed E-state index contributed by atoms with van der Waals surface area (Å²) >= 11 is 0. The molecule has 2 aromatic carbocycles. The number of hydrogen-bond acceptors (Lipinski definition) is 5. The predicted octanol–water partition coefficient (Wildman–Crippen LogP) is 4.10. The standard InChI is InChI=1S/C19H19FN4O/c20-13-5-3-6-14(11-13)22-19-23-17-9-2-1-8-16(17)18(24-19)21-12-15-7-4-10-25-15/h1-3,5-6,8-9,11,15H,4,7,10,12H2,(H2,21,22,23,24)/t15-/m0/s1. The molecule has 0 saturated carbocycles. The van der Waals surface area contributed by atoms with Gasteiger partial charge >= 0.3 is 0 Å². The maximum absolute atomic E-state index is 13.4. The molecule has 2 N–H and O–H groups in total.